The first-order valence-electron chi connectivity index (χ1n) is 12.4. The number of carbonyl (C=O) groups excluding carboxylic acids is 2. The highest BCUT2D eigenvalue weighted by molar-refractivity contribution is 6.46. The van der Waals surface area contributed by atoms with Crippen LogP contribution >= 0.6 is 0 Å². The second-order valence-electron chi connectivity index (χ2n) is 9.79. The second-order valence-corrected chi connectivity index (χ2v) is 9.79. The van der Waals surface area contributed by atoms with Gasteiger partial charge in [-0.1, -0.05) is 38.8 Å². The molecule has 2 aliphatic rings. The van der Waals surface area contributed by atoms with Gasteiger partial charge >= 0.3 is 0 Å². The number of ether oxygens (including phenoxy) is 3. The number of carbonyl (C=O) groups is 2. The lowest BCUT2D eigenvalue weighted by Crippen LogP contribution is -2.37. The molecule has 1 aliphatic heterocycles. The lowest BCUT2D eigenvalue weighted by Gasteiger charge is -2.31. The van der Waals surface area contributed by atoms with Crippen molar-refractivity contribution in [3.8, 4) is 17.2 Å². The number of nitrogens with zero attached hydrogens (tertiary/aromatic N) is 1. The van der Waals surface area contributed by atoms with Crippen LogP contribution in [0.25, 0.3) is 5.76 Å². The molecule has 1 amide bonds. The van der Waals surface area contributed by atoms with E-state index in [0.717, 1.165) is 42.6 Å². The van der Waals surface area contributed by atoms with Crippen molar-refractivity contribution in [2.75, 3.05) is 21.3 Å². The molecule has 1 N–H and O–H groups in total. The largest absolute Gasteiger partial charge is 0.507 e. The third kappa shape index (κ3) is 4.21. The fourth-order valence-corrected chi connectivity index (χ4v) is 5.57. The Bertz CT molecular complexity index is 1210. The Morgan fingerprint density at radius 1 is 1.00 bits per heavy atom. The number of Topliss-reactive ketones (excluding diaryl/α,β-unsaturated/α-hetero) is 1. The number of amides is 1. The summed E-state index contributed by atoms with van der Waals surface area (Å²) in [5.74, 6) is 0.318. The fraction of sp³-hybridized carbons (Fsp3) is 0.448. The number of aliphatic hydroxyl groups excluding tert-OH is 1. The SMILES string of the molecule is COc1cc(C)c(/C(O)=C2\C(=O)C(=O)N(C3CCCC3)C2c2cccc(OC)c2OC)cc1C(C)C. The highest BCUT2D eigenvalue weighted by Crippen LogP contribution is 2.48. The van der Waals surface area contributed by atoms with Gasteiger partial charge in [0, 0.05) is 17.2 Å². The molecule has 4 rings (SSSR count). The van der Waals surface area contributed by atoms with Crippen molar-refractivity contribution in [2.45, 2.75) is 64.5 Å². The molecule has 1 saturated carbocycles. The van der Waals surface area contributed by atoms with Gasteiger partial charge in [0.2, 0.25) is 0 Å². The third-order valence-electron chi connectivity index (χ3n) is 7.38. The predicted octanol–water partition coefficient (Wildman–Crippen LogP) is 5.51. The Kier molecular flexibility index (Phi) is 7.29. The van der Waals surface area contributed by atoms with Crippen LogP contribution in [-0.2, 0) is 9.59 Å². The summed E-state index contributed by atoms with van der Waals surface area (Å²) >= 11 is 0. The molecule has 36 heavy (non-hydrogen) atoms. The van der Waals surface area contributed by atoms with Gasteiger partial charge in [-0.15, -0.1) is 0 Å². The normalized spacial score (nSPS) is 19.9. The summed E-state index contributed by atoms with van der Waals surface area (Å²) in [4.78, 5) is 28.7. The molecule has 0 radical (unpaired) electrons. The van der Waals surface area contributed by atoms with Crippen molar-refractivity contribution >= 4 is 17.4 Å². The van der Waals surface area contributed by atoms with Crippen molar-refractivity contribution < 1.29 is 28.9 Å². The first-order valence-corrected chi connectivity index (χ1v) is 12.4. The molecule has 2 aromatic carbocycles. The van der Waals surface area contributed by atoms with E-state index in [-0.39, 0.29) is 23.3 Å². The van der Waals surface area contributed by atoms with Crippen LogP contribution in [0.3, 0.4) is 0 Å². The molecule has 0 bridgehead atoms. The van der Waals surface area contributed by atoms with Crippen molar-refractivity contribution in [2.24, 2.45) is 0 Å². The van der Waals surface area contributed by atoms with E-state index in [9.17, 15) is 14.7 Å². The molecular weight excluding hydrogens is 458 g/mol. The lowest BCUT2D eigenvalue weighted by molar-refractivity contribution is -0.141. The maximum atomic E-state index is 13.6. The van der Waals surface area contributed by atoms with Crippen LogP contribution in [0.4, 0.5) is 0 Å². The molecule has 7 nitrogen and oxygen atoms in total. The van der Waals surface area contributed by atoms with Gasteiger partial charge in [0.15, 0.2) is 11.5 Å². The number of benzene rings is 2. The van der Waals surface area contributed by atoms with Gasteiger partial charge in [-0.3, -0.25) is 9.59 Å². The molecule has 1 unspecified atom stereocenters. The van der Waals surface area contributed by atoms with E-state index >= 15 is 0 Å². The Labute approximate surface area is 212 Å². The van der Waals surface area contributed by atoms with E-state index in [4.69, 9.17) is 14.2 Å². The molecule has 1 heterocycles. The molecular formula is C29H35NO6. The van der Waals surface area contributed by atoms with Crippen LogP contribution in [-0.4, -0.2) is 49.1 Å². The van der Waals surface area contributed by atoms with Gasteiger partial charge in [0.05, 0.1) is 32.9 Å². The van der Waals surface area contributed by atoms with E-state index in [1.807, 2.05) is 39.0 Å². The minimum absolute atomic E-state index is 0.0708. The number of aryl methyl sites for hydroxylation is 1. The summed E-state index contributed by atoms with van der Waals surface area (Å²) in [6.07, 6.45) is 3.61. The summed E-state index contributed by atoms with van der Waals surface area (Å²) in [6.45, 7) is 5.93. The van der Waals surface area contributed by atoms with Crippen LogP contribution in [0, 0.1) is 6.92 Å². The van der Waals surface area contributed by atoms with Gasteiger partial charge in [-0.25, -0.2) is 0 Å². The highest BCUT2D eigenvalue weighted by atomic mass is 16.5. The van der Waals surface area contributed by atoms with Crippen molar-refractivity contribution in [1.29, 1.82) is 0 Å². The Hall–Kier alpha value is -3.48. The number of hydrogen-bond donors (Lipinski definition) is 1. The smallest absolute Gasteiger partial charge is 0.295 e. The Morgan fingerprint density at radius 2 is 1.67 bits per heavy atom. The monoisotopic (exact) mass is 493 g/mol. The summed E-state index contributed by atoms with van der Waals surface area (Å²) in [7, 11) is 4.69. The number of aliphatic hydroxyl groups is 1. The number of likely N-dealkylation sites (tertiary alicyclic amines) is 1. The molecule has 0 aromatic heterocycles. The molecule has 7 heteroatoms. The zero-order chi connectivity index (χ0) is 26.1. The first kappa shape index (κ1) is 25.6. The number of methoxy groups -OCH3 is 3. The van der Waals surface area contributed by atoms with Crippen LogP contribution in [0.5, 0.6) is 17.2 Å². The maximum absolute atomic E-state index is 13.6. The van der Waals surface area contributed by atoms with Crippen LogP contribution < -0.4 is 14.2 Å². The first-order chi connectivity index (χ1) is 17.2. The van der Waals surface area contributed by atoms with E-state index in [1.165, 1.54) is 7.11 Å². The average molecular weight is 494 g/mol. The molecule has 192 valence electrons. The van der Waals surface area contributed by atoms with Gasteiger partial charge in [-0.05, 0) is 55.0 Å². The third-order valence-corrected chi connectivity index (χ3v) is 7.38. The average Bonchev–Trinajstić information content (AvgIpc) is 3.49. The molecule has 2 fully saturated rings. The summed E-state index contributed by atoms with van der Waals surface area (Å²) in [6, 6.07) is 8.24. The van der Waals surface area contributed by atoms with Crippen molar-refractivity contribution in [3.05, 3.63) is 58.2 Å². The summed E-state index contributed by atoms with van der Waals surface area (Å²) in [5.41, 5.74) is 2.85. The maximum Gasteiger partial charge on any atom is 0.295 e. The second kappa shape index (κ2) is 10.2. The number of para-hydroxylation sites is 1. The zero-order valence-electron chi connectivity index (χ0n) is 21.9. The van der Waals surface area contributed by atoms with Gasteiger partial charge in [0.25, 0.3) is 11.7 Å². The Morgan fingerprint density at radius 3 is 2.25 bits per heavy atom. The van der Waals surface area contributed by atoms with Crippen molar-refractivity contribution in [3.63, 3.8) is 0 Å². The highest BCUT2D eigenvalue weighted by Gasteiger charge is 2.50. The van der Waals surface area contributed by atoms with E-state index in [1.54, 1.807) is 31.3 Å². The van der Waals surface area contributed by atoms with Crippen LogP contribution in [0.2, 0.25) is 0 Å². The predicted molar refractivity (Wildman–Crippen MR) is 138 cm³/mol. The lowest BCUT2D eigenvalue weighted by atomic mass is 9.90. The number of ketones is 1. The molecule has 1 saturated heterocycles. The Balaban J connectivity index is 2.00. The summed E-state index contributed by atoms with van der Waals surface area (Å²) < 4.78 is 16.8. The van der Waals surface area contributed by atoms with Crippen LogP contribution in [0.1, 0.15) is 73.7 Å². The minimum Gasteiger partial charge on any atom is -0.507 e. The summed E-state index contributed by atoms with van der Waals surface area (Å²) in [5, 5.41) is 11.7. The van der Waals surface area contributed by atoms with Gasteiger partial charge in [-0.2, -0.15) is 0 Å². The van der Waals surface area contributed by atoms with Crippen molar-refractivity contribution in [1.82, 2.24) is 4.90 Å². The quantitative estimate of drug-likeness (QED) is 0.311. The topological polar surface area (TPSA) is 85.3 Å². The molecule has 2 aromatic rings. The van der Waals surface area contributed by atoms with E-state index < -0.39 is 17.7 Å². The van der Waals surface area contributed by atoms with Gasteiger partial charge in [0.1, 0.15) is 11.5 Å². The van der Waals surface area contributed by atoms with Crippen LogP contribution in [0.15, 0.2) is 35.9 Å². The molecule has 1 atom stereocenters. The molecule has 1 aliphatic carbocycles. The zero-order valence-corrected chi connectivity index (χ0v) is 21.9. The number of rotatable bonds is 7. The number of hydrogen-bond acceptors (Lipinski definition) is 6. The van der Waals surface area contributed by atoms with E-state index in [2.05, 4.69) is 0 Å². The standard InChI is InChI=1S/C29H35NO6/c1-16(2)20-15-21(17(3)14-23(20)35-5)26(31)24-25(19-12-9-13-22(34-4)28(19)36-6)30(29(33)27(24)32)18-10-7-8-11-18/h9,12-16,18,25,31H,7-8,10-11H2,1-6H3/b26-24+. The molecule has 0 spiro atoms. The fourth-order valence-electron chi connectivity index (χ4n) is 5.57. The van der Waals surface area contributed by atoms with E-state index in [0.29, 0.717) is 22.6 Å². The minimum atomic E-state index is -0.790. The van der Waals surface area contributed by atoms with Gasteiger partial charge < -0.3 is 24.2 Å².